The van der Waals surface area contributed by atoms with Gasteiger partial charge in [-0.3, -0.25) is 9.59 Å². The standard InChI is InChI=1S/C24H22F4N4O4/c1-12-7-8-30-17(12)20(33)31-10-23(35,24(26,27)28)16-9-15-19(36-11-22(15,2)21(29)34)18(32-16)13-3-5-14(25)6-4-13/h3-9,30,35H,10-11H2,1-2H3,(H2,29,34)(H,31,33)/t22-,23?/m0/s1. The summed E-state index contributed by atoms with van der Waals surface area (Å²) in [6.45, 7) is 1.42. The van der Waals surface area contributed by atoms with E-state index < -0.39 is 47.1 Å². The number of carbonyl (C=O) groups excluding carboxylic acids is 2. The van der Waals surface area contributed by atoms with Crippen molar-refractivity contribution in [2.45, 2.75) is 31.0 Å². The van der Waals surface area contributed by atoms with Crippen molar-refractivity contribution in [2.24, 2.45) is 5.73 Å². The van der Waals surface area contributed by atoms with Gasteiger partial charge >= 0.3 is 6.18 Å². The highest BCUT2D eigenvalue weighted by Crippen LogP contribution is 2.47. The minimum Gasteiger partial charge on any atom is -0.489 e. The van der Waals surface area contributed by atoms with Gasteiger partial charge in [-0.1, -0.05) is 0 Å². The van der Waals surface area contributed by atoms with Gasteiger partial charge in [-0.25, -0.2) is 9.37 Å². The summed E-state index contributed by atoms with van der Waals surface area (Å²) in [5, 5.41) is 13.1. The number of fused-ring (bicyclic) bond motifs is 1. The molecule has 0 spiro atoms. The molecule has 0 aliphatic carbocycles. The number of aryl methyl sites for hydroxylation is 1. The lowest BCUT2D eigenvalue weighted by Gasteiger charge is -2.31. The molecular weight excluding hydrogens is 484 g/mol. The maximum atomic E-state index is 14.3. The number of nitrogens with one attached hydrogen (secondary N) is 2. The quantitative estimate of drug-likeness (QED) is 0.382. The van der Waals surface area contributed by atoms with Crippen LogP contribution in [0.3, 0.4) is 0 Å². The lowest BCUT2D eigenvalue weighted by atomic mass is 9.81. The Morgan fingerprint density at radius 1 is 1.25 bits per heavy atom. The van der Waals surface area contributed by atoms with Gasteiger partial charge in [0.1, 0.15) is 35.0 Å². The predicted molar refractivity (Wildman–Crippen MR) is 119 cm³/mol. The van der Waals surface area contributed by atoms with E-state index in [1.54, 1.807) is 13.0 Å². The first-order valence-corrected chi connectivity index (χ1v) is 10.7. The van der Waals surface area contributed by atoms with E-state index >= 15 is 0 Å². The first-order chi connectivity index (χ1) is 16.8. The predicted octanol–water partition coefficient (Wildman–Crippen LogP) is 2.84. The molecule has 5 N–H and O–H groups in total. The van der Waals surface area contributed by atoms with E-state index in [2.05, 4.69) is 15.3 Å². The number of aromatic nitrogens is 2. The van der Waals surface area contributed by atoms with Crippen LogP contribution < -0.4 is 15.8 Å². The molecule has 4 rings (SSSR count). The minimum absolute atomic E-state index is 0.0118. The molecule has 3 aromatic rings. The molecule has 1 aliphatic heterocycles. The van der Waals surface area contributed by atoms with Gasteiger partial charge in [0, 0.05) is 17.3 Å². The maximum absolute atomic E-state index is 14.3. The van der Waals surface area contributed by atoms with Crippen molar-refractivity contribution in [1.82, 2.24) is 15.3 Å². The molecule has 2 amide bonds. The summed E-state index contributed by atoms with van der Waals surface area (Å²) in [5.41, 5.74) is -0.0171. The van der Waals surface area contributed by atoms with E-state index in [9.17, 15) is 32.3 Å². The number of nitrogens with two attached hydrogens (primary N) is 1. The van der Waals surface area contributed by atoms with E-state index in [-0.39, 0.29) is 34.9 Å². The van der Waals surface area contributed by atoms with Crippen molar-refractivity contribution in [3.63, 3.8) is 0 Å². The summed E-state index contributed by atoms with van der Waals surface area (Å²) in [7, 11) is 0. The highest BCUT2D eigenvalue weighted by molar-refractivity contribution is 5.94. The van der Waals surface area contributed by atoms with Crippen LogP contribution in [0.15, 0.2) is 42.6 Å². The van der Waals surface area contributed by atoms with Gasteiger partial charge in [0.15, 0.2) is 0 Å². The minimum atomic E-state index is -5.30. The third-order valence-electron chi connectivity index (χ3n) is 6.31. The lowest BCUT2D eigenvalue weighted by Crippen LogP contribution is -2.52. The summed E-state index contributed by atoms with van der Waals surface area (Å²) in [6.07, 6.45) is -3.85. The number of aliphatic hydroxyl groups is 1. The van der Waals surface area contributed by atoms with Crippen LogP contribution in [-0.4, -0.2) is 46.2 Å². The molecule has 8 nitrogen and oxygen atoms in total. The average Bonchev–Trinajstić information content (AvgIpc) is 3.40. The monoisotopic (exact) mass is 506 g/mol. The number of hydrogen-bond acceptors (Lipinski definition) is 5. The number of pyridine rings is 1. The molecule has 2 atom stereocenters. The normalized spacial score (nSPS) is 18.8. The number of rotatable bonds is 6. The number of carbonyl (C=O) groups is 2. The average molecular weight is 506 g/mol. The highest BCUT2D eigenvalue weighted by atomic mass is 19.4. The number of H-pyrrole nitrogens is 1. The van der Waals surface area contributed by atoms with Crippen molar-refractivity contribution < 1.29 is 37.0 Å². The number of ether oxygens (including phenoxy) is 1. The smallest absolute Gasteiger partial charge is 0.424 e. The molecular formula is C24H22F4N4O4. The Kier molecular flexibility index (Phi) is 6.03. The second-order valence-corrected chi connectivity index (χ2v) is 8.80. The molecule has 190 valence electrons. The Labute approximate surface area is 202 Å². The molecule has 3 heterocycles. The van der Waals surface area contributed by atoms with E-state index in [4.69, 9.17) is 10.5 Å². The molecule has 1 aliphatic rings. The molecule has 36 heavy (non-hydrogen) atoms. The Morgan fingerprint density at radius 2 is 1.92 bits per heavy atom. The van der Waals surface area contributed by atoms with E-state index in [0.29, 0.717) is 5.56 Å². The molecule has 0 fully saturated rings. The number of aromatic amines is 1. The maximum Gasteiger partial charge on any atom is 0.424 e. The second kappa shape index (κ2) is 8.63. The fourth-order valence-electron chi connectivity index (χ4n) is 3.93. The molecule has 0 radical (unpaired) electrons. The van der Waals surface area contributed by atoms with Crippen LogP contribution in [0.4, 0.5) is 17.6 Å². The Hall–Kier alpha value is -3.93. The summed E-state index contributed by atoms with van der Waals surface area (Å²) in [5.74, 6) is -2.34. The number of primary amides is 1. The van der Waals surface area contributed by atoms with Crippen LogP contribution in [-0.2, 0) is 15.8 Å². The SMILES string of the molecule is Cc1cc[nH]c1C(=O)NCC(O)(c1cc2c(c(-c3ccc(F)cc3)n1)OC[C@]2(C)C(N)=O)C(F)(F)F. The second-order valence-electron chi connectivity index (χ2n) is 8.80. The van der Waals surface area contributed by atoms with Crippen LogP contribution >= 0.6 is 0 Å². The summed E-state index contributed by atoms with van der Waals surface area (Å²) in [6, 6.07) is 7.16. The summed E-state index contributed by atoms with van der Waals surface area (Å²) >= 11 is 0. The zero-order valence-electron chi connectivity index (χ0n) is 19.2. The molecule has 12 heteroatoms. The zero-order valence-corrected chi connectivity index (χ0v) is 19.2. The lowest BCUT2D eigenvalue weighted by molar-refractivity contribution is -0.265. The first kappa shape index (κ1) is 25.2. The van der Waals surface area contributed by atoms with Gasteiger partial charge in [-0.2, -0.15) is 13.2 Å². The molecule has 0 saturated heterocycles. The van der Waals surface area contributed by atoms with Crippen LogP contribution in [0, 0.1) is 12.7 Å². The van der Waals surface area contributed by atoms with Crippen LogP contribution in [0.25, 0.3) is 11.3 Å². The van der Waals surface area contributed by atoms with Gasteiger partial charge < -0.3 is 25.9 Å². The molecule has 0 bridgehead atoms. The fourth-order valence-corrected chi connectivity index (χ4v) is 3.93. The number of amides is 2. The van der Waals surface area contributed by atoms with Crippen molar-refractivity contribution in [3.05, 3.63) is 70.9 Å². The van der Waals surface area contributed by atoms with E-state index in [1.807, 2.05) is 0 Å². The fraction of sp³-hybridized carbons (Fsp3) is 0.292. The first-order valence-electron chi connectivity index (χ1n) is 10.7. The number of hydrogen-bond donors (Lipinski definition) is 4. The van der Waals surface area contributed by atoms with Gasteiger partial charge in [0.25, 0.3) is 5.91 Å². The number of alkyl halides is 3. The van der Waals surface area contributed by atoms with Crippen LogP contribution in [0.5, 0.6) is 5.75 Å². The van der Waals surface area contributed by atoms with Crippen LogP contribution in [0.1, 0.15) is 34.2 Å². The topological polar surface area (TPSA) is 130 Å². The van der Waals surface area contributed by atoms with Crippen molar-refractivity contribution >= 4 is 11.8 Å². The number of halogens is 4. The van der Waals surface area contributed by atoms with E-state index in [0.717, 1.165) is 18.2 Å². The largest absolute Gasteiger partial charge is 0.489 e. The zero-order chi connectivity index (χ0) is 26.5. The Bertz CT molecular complexity index is 1340. The molecule has 2 aromatic heterocycles. The summed E-state index contributed by atoms with van der Waals surface area (Å²) < 4.78 is 62.1. The number of benzene rings is 1. The molecule has 1 aromatic carbocycles. The molecule has 0 saturated carbocycles. The van der Waals surface area contributed by atoms with Crippen molar-refractivity contribution in [1.29, 1.82) is 0 Å². The highest BCUT2D eigenvalue weighted by Gasteiger charge is 2.57. The van der Waals surface area contributed by atoms with Gasteiger partial charge in [0.05, 0.1) is 12.2 Å². The van der Waals surface area contributed by atoms with E-state index in [1.165, 1.54) is 25.3 Å². The van der Waals surface area contributed by atoms with Gasteiger partial charge in [-0.05, 0) is 55.8 Å². The molecule has 1 unspecified atom stereocenters. The van der Waals surface area contributed by atoms with Crippen LogP contribution in [0.2, 0.25) is 0 Å². The van der Waals surface area contributed by atoms with Crippen molar-refractivity contribution in [3.8, 4) is 17.0 Å². The van der Waals surface area contributed by atoms with Gasteiger partial charge in [0.2, 0.25) is 11.5 Å². The Balaban J connectivity index is 1.87. The summed E-state index contributed by atoms with van der Waals surface area (Å²) in [4.78, 5) is 31.4. The third kappa shape index (κ3) is 4.06. The van der Waals surface area contributed by atoms with Crippen molar-refractivity contribution in [2.75, 3.05) is 13.2 Å². The number of nitrogens with zero attached hydrogens (tertiary/aromatic N) is 1. The van der Waals surface area contributed by atoms with Gasteiger partial charge in [-0.15, -0.1) is 0 Å². The third-order valence-corrected chi connectivity index (χ3v) is 6.31. The Morgan fingerprint density at radius 3 is 2.47 bits per heavy atom.